The Kier molecular flexibility index (Phi) is 3.24. The number of hydrogen-bond acceptors (Lipinski definition) is 6. The maximum Gasteiger partial charge on any atom is 0.329 e. The first-order valence-corrected chi connectivity index (χ1v) is 6.39. The van der Waals surface area contributed by atoms with Crippen LogP contribution in [0.5, 0.6) is 0 Å². The molecular formula is C11H17N5O4. The molecule has 9 nitrogen and oxygen atoms in total. The van der Waals surface area contributed by atoms with Gasteiger partial charge in [-0.15, -0.1) is 0 Å². The summed E-state index contributed by atoms with van der Waals surface area (Å²) in [6.07, 6.45) is -1.82. The third kappa shape index (κ3) is 1.90. The third-order valence-corrected chi connectivity index (χ3v) is 3.57. The predicted octanol–water partition coefficient (Wildman–Crippen LogP) is -1.83. The first-order chi connectivity index (χ1) is 9.65. The number of hydrogen-bond donors (Lipinski definition) is 5. The number of ether oxygens (including phenoxy) is 1. The summed E-state index contributed by atoms with van der Waals surface area (Å²) >= 11 is 0. The molecule has 0 spiro atoms. The molecule has 0 aliphatic carbocycles. The van der Waals surface area contributed by atoms with Gasteiger partial charge < -0.3 is 30.6 Å². The minimum absolute atomic E-state index is 0.253. The number of nitrogens with one attached hydrogen (secondary N) is 3. The van der Waals surface area contributed by atoms with E-state index in [1.54, 1.807) is 7.05 Å². The van der Waals surface area contributed by atoms with Gasteiger partial charge in [-0.2, -0.15) is 0 Å². The monoisotopic (exact) mass is 283 g/mol. The Bertz CT molecular complexity index is 592. The van der Waals surface area contributed by atoms with Crippen molar-refractivity contribution in [1.82, 2.24) is 14.9 Å². The zero-order valence-corrected chi connectivity index (χ0v) is 11.0. The lowest BCUT2D eigenvalue weighted by molar-refractivity contribution is -0.0447. The number of fused-ring (bicyclic) bond motifs is 1. The van der Waals surface area contributed by atoms with E-state index < -0.39 is 18.4 Å². The second kappa shape index (κ2) is 4.93. The van der Waals surface area contributed by atoms with E-state index in [1.165, 1.54) is 4.57 Å². The zero-order valence-electron chi connectivity index (χ0n) is 11.0. The van der Waals surface area contributed by atoms with Crippen LogP contribution in [0.15, 0.2) is 9.79 Å². The van der Waals surface area contributed by atoms with Crippen LogP contribution >= 0.6 is 0 Å². The Balaban J connectivity index is 2.00. The number of anilines is 1. The van der Waals surface area contributed by atoms with E-state index in [0.29, 0.717) is 24.0 Å². The normalized spacial score (nSPS) is 30.9. The first-order valence-electron chi connectivity index (χ1n) is 6.39. The molecule has 1 saturated heterocycles. The Morgan fingerprint density at radius 2 is 2.30 bits per heavy atom. The second-order valence-electron chi connectivity index (χ2n) is 4.74. The van der Waals surface area contributed by atoms with E-state index in [-0.39, 0.29) is 18.7 Å². The summed E-state index contributed by atoms with van der Waals surface area (Å²) in [5, 5.41) is 25.0. The van der Waals surface area contributed by atoms with Gasteiger partial charge in [0.15, 0.2) is 0 Å². The molecule has 9 heteroatoms. The number of H-pyrrole nitrogens is 1. The average Bonchev–Trinajstić information content (AvgIpc) is 2.97. The molecule has 0 aromatic carbocycles. The van der Waals surface area contributed by atoms with E-state index in [2.05, 4.69) is 20.6 Å². The molecule has 3 heterocycles. The molecule has 1 aromatic heterocycles. The number of imidazole rings is 1. The smallest absolute Gasteiger partial charge is 0.329 e. The Hall–Kier alpha value is -1.84. The third-order valence-electron chi connectivity index (χ3n) is 3.57. The summed E-state index contributed by atoms with van der Waals surface area (Å²) in [4.78, 5) is 18.9. The molecule has 0 bridgehead atoms. The van der Waals surface area contributed by atoms with Crippen molar-refractivity contribution in [2.45, 2.75) is 24.9 Å². The molecule has 1 aromatic rings. The number of aromatic amines is 1. The van der Waals surface area contributed by atoms with Crippen molar-refractivity contribution in [2.24, 2.45) is 4.99 Å². The Labute approximate surface area is 114 Å². The molecule has 2 aliphatic heterocycles. The lowest BCUT2D eigenvalue weighted by atomic mass is 10.2. The van der Waals surface area contributed by atoms with Crippen molar-refractivity contribution in [2.75, 3.05) is 25.6 Å². The number of aliphatic hydroxyl groups is 2. The number of nitrogens with zero attached hydrogens (tertiary/aromatic N) is 2. The molecule has 5 N–H and O–H groups in total. The Morgan fingerprint density at radius 3 is 2.95 bits per heavy atom. The van der Waals surface area contributed by atoms with E-state index >= 15 is 0 Å². The van der Waals surface area contributed by atoms with Gasteiger partial charge in [-0.1, -0.05) is 0 Å². The second-order valence-corrected chi connectivity index (χ2v) is 4.74. The van der Waals surface area contributed by atoms with E-state index in [1.807, 2.05) is 0 Å². The van der Waals surface area contributed by atoms with E-state index in [9.17, 15) is 9.90 Å². The zero-order chi connectivity index (χ0) is 14.3. The molecule has 20 heavy (non-hydrogen) atoms. The molecule has 3 atom stereocenters. The minimum atomic E-state index is -0.788. The molecule has 0 amide bonds. The van der Waals surface area contributed by atoms with Crippen molar-refractivity contribution < 1.29 is 14.9 Å². The van der Waals surface area contributed by atoms with Gasteiger partial charge in [0.1, 0.15) is 29.7 Å². The lowest BCUT2D eigenvalue weighted by Gasteiger charge is -2.21. The maximum atomic E-state index is 12.1. The summed E-state index contributed by atoms with van der Waals surface area (Å²) in [7, 11) is 1.63. The van der Waals surface area contributed by atoms with Crippen LogP contribution in [0.1, 0.15) is 18.3 Å². The van der Waals surface area contributed by atoms with Crippen molar-refractivity contribution >= 4 is 11.7 Å². The van der Waals surface area contributed by atoms with Crippen molar-refractivity contribution in [3.63, 3.8) is 0 Å². The minimum Gasteiger partial charge on any atom is -0.394 e. The predicted molar refractivity (Wildman–Crippen MR) is 70.8 cm³/mol. The molecular weight excluding hydrogens is 266 g/mol. The van der Waals surface area contributed by atoms with Gasteiger partial charge in [-0.3, -0.25) is 9.56 Å². The van der Waals surface area contributed by atoms with Gasteiger partial charge in [-0.25, -0.2) is 4.79 Å². The molecule has 0 saturated carbocycles. The molecule has 3 rings (SSSR count). The summed E-state index contributed by atoms with van der Waals surface area (Å²) in [6.45, 7) is 0.158. The molecule has 0 unspecified atom stereocenters. The topological polar surface area (TPSA) is 124 Å². The number of aliphatic imine (C=N–C) groups is 1. The molecule has 0 radical (unpaired) electrons. The number of aromatic nitrogens is 2. The summed E-state index contributed by atoms with van der Waals surface area (Å²) < 4.78 is 6.94. The summed E-state index contributed by atoms with van der Waals surface area (Å²) in [6, 6.07) is 0. The van der Waals surface area contributed by atoms with Crippen LogP contribution in [0.3, 0.4) is 0 Å². The van der Waals surface area contributed by atoms with Crippen LogP contribution in [-0.4, -0.2) is 58.1 Å². The van der Waals surface area contributed by atoms with Crippen molar-refractivity contribution in [1.29, 1.82) is 0 Å². The SMILES string of the molecule is CN=C1NCNc2c1[nH]c(=O)n2[C@H]1C[C@H](O)[C@@H](CO)O1. The van der Waals surface area contributed by atoms with Crippen LogP contribution in [-0.2, 0) is 4.74 Å². The molecule has 1 fully saturated rings. The van der Waals surface area contributed by atoms with Crippen LogP contribution < -0.4 is 16.3 Å². The van der Waals surface area contributed by atoms with Gasteiger partial charge in [-0.05, 0) is 0 Å². The largest absolute Gasteiger partial charge is 0.394 e. The highest BCUT2D eigenvalue weighted by molar-refractivity contribution is 6.02. The molecule has 110 valence electrons. The van der Waals surface area contributed by atoms with Crippen LogP contribution in [0.2, 0.25) is 0 Å². The van der Waals surface area contributed by atoms with Gasteiger partial charge in [0.2, 0.25) is 0 Å². The van der Waals surface area contributed by atoms with Crippen molar-refractivity contribution in [3.05, 3.63) is 16.2 Å². The number of amidine groups is 1. The fourth-order valence-electron chi connectivity index (χ4n) is 2.60. The Morgan fingerprint density at radius 1 is 1.50 bits per heavy atom. The number of aliphatic hydroxyl groups excluding tert-OH is 2. The summed E-state index contributed by atoms with van der Waals surface area (Å²) in [5.74, 6) is 1.16. The van der Waals surface area contributed by atoms with Gasteiger partial charge in [0.05, 0.1) is 19.4 Å². The molecule has 2 aliphatic rings. The standard InChI is InChI=1S/C11H17N5O4/c1-12-9-8-10(14-4-13-9)16(11(19)15-8)7-2-5(18)6(3-17)20-7/h5-7,14,17-18H,2-4H2,1H3,(H,12,13)(H,15,19)/t5-,6+,7+/m0/s1. The van der Waals surface area contributed by atoms with E-state index in [4.69, 9.17) is 9.84 Å². The summed E-state index contributed by atoms with van der Waals surface area (Å²) in [5.41, 5.74) is 0.220. The highest BCUT2D eigenvalue weighted by atomic mass is 16.5. The van der Waals surface area contributed by atoms with Crippen molar-refractivity contribution in [3.8, 4) is 0 Å². The van der Waals surface area contributed by atoms with E-state index in [0.717, 1.165) is 0 Å². The van der Waals surface area contributed by atoms with Crippen LogP contribution in [0.4, 0.5) is 5.82 Å². The highest BCUT2D eigenvalue weighted by Crippen LogP contribution is 2.31. The van der Waals surface area contributed by atoms with Crippen LogP contribution in [0, 0.1) is 0 Å². The average molecular weight is 283 g/mol. The lowest BCUT2D eigenvalue weighted by Crippen LogP contribution is -2.36. The van der Waals surface area contributed by atoms with Gasteiger partial charge in [0, 0.05) is 13.5 Å². The van der Waals surface area contributed by atoms with Gasteiger partial charge >= 0.3 is 5.69 Å². The first kappa shape index (κ1) is 13.2. The number of rotatable bonds is 2. The fraction of sp³-hybridized carbons (Fsp3) is 0.636. The maximum absolute atomic E-state index is 12.1. The quantitative estimate of drug-likeness (QED) is 0.435. The van der Waals surface area contributed by atoms with Crippen LogP contribution in [0.25, 0.3) is 0 Å². The fourth-order valence-corrected chi connectivity index (χ4v) is 2.60. The van der Waals surface area contributed by atoms with Gasteiger partial charge in [0.25, 0.3) is 0 Å². The highest BCUT2D eigenvalue weighted by Gasteiger charge is 2.37.